The Hall–Kier alpha value is -3.35. The molecule has 1 heterocycles. The first-order chi connectivity index (χ1) is 14.6. The van der Waals surface area contributed by atoms with Gasteiger partial charge in [0.15, 0.2) is 5.92 Å². The second kappa shape index (κ2) is 10.4. The van der Waals surface area contributed by atoms with Crippen molar-refractivity contribution in [1.29, 1.82) is 0 Å². The molecule has 0 aromatic heterocycles. The van der Waals surface area contributed by atoms with Crippen molar-refractivity contribution in [3.05, 3.63) is 71.8 Å². The molecule has 0 spiro atoms. The van der Waals surface area contributed by atoms with E-state index >= 15 is 0 Å². The third-order valence-electron chi connectivity index (χ3n) is 5.07. The number of nitrogens with zero attached hydrogens (tertiary/aromatic N) is 1. The molecule has 2 atom stereocenters. The van der Waals surface area contributed by atoms with Crippen LogP contribution in [-0.2, 0) is 37.0 Å². The first kappa shape index (κ1) is 21.4. The largest absolute Gasteiger partial charge is 0.468 e. The number of carbonyl (C=O) groups excluding carboxylic acids is 3. The standard InChI is InChI=1S/C23H25NO6/c1-28-21(25)20-19(16-29-22(20)26)12-13-24(14-17-8-4-2-5-9-17)23(27)30-15-18-10-6-3-7-11-18/h2-11,19-20H,12-16H2,1H3/t19-,20?/m1/s1. The predicted molar refractivity (Wildman–Crippen MR) is 108 cm³/mol. The van der Waals surface area contributed by atoms with Crippen molar-refractivity contribution < 1.29 is 28.6 Å². The number of hydrogen-bond donors (Lipinski definition) is 0. The lowest BCUT2D eigenvalue weighted by atomic mass is 9.92. The number of cyclic esters (lactones) is 1. The van der Waals surface area contributed by atoms with Crippen molar-refractivity contribution in [3.8, 4) is 0 Å². The molecule has 1 saturated heterocycles. The number of amides is 1. The number of ether oxygens (including phenoxy) is 3. The molecule has 7 nitrogen and oxygen atoms in total. The monoisotopic (exact) mass is 411 g/mol. The normalized spacial score (nSPS) is 17.8. The Balaban J connectivity index is 1.65. The highest BCUT2D eigenvalue weighted by atomic mass is 16.6. The summed E-state index contributed by atoms with van der Waals surface area (Å²) in [7, 11) is 1.24. The zero-order chi connectivity index (χ0) is 21.3. The minimum atomic E-state index is -0.950. The van der Waals surface area contributed by atoms with Crippen molar-refractivity contribution in [3.63, 3.8) is 0 Å². The van der Waals surface area contributed by atoms with E-state index in [1.54, 1.807) is 4.90 Å². The summed E-state index contributed by atoms with van der Waals surface area (Å²) < 4.78 is 15.3. The fourth-order valence-corrected chi connectivity index (χ4v) is 3.40. The van der Waals surface area contributed by atoms with Gasteiger partial charge in [-0.2, -0.15) is 0 Å². The second-order valence-electron chi connectivity index (χ2n) is 7.13. The van der Waals surface area contributed by atoms with E-state index in [1.807, 2.05) is 60.7 Å². The van der Waals surface area contributed by atoms with E-state index in [4.69, 9.17) is 14.2 Å². The summed E-state index contributed by atoms with van der Waals surface area (Å²) >= 11 is 0. The van der Waals surface area contributed by atoms with Crippen LogP contribution in [0, 0.1) is 11.8 Å². The number of hydrogen-bond acceptors (Lipinski definition) is 6. The molecule has 1 aliphatic heterocycles. The van der Waals surface area contributed by atoms with Gasteiger partial charge in [0.05, 0.1) is 13.7 Å². The summed E-state index contributed by atoms with van der Waals surface area (Å²) in [5.41, 5.74) is 1.85. The van der Waals surface area contributed by atoms with Gasteiger partial charge in [-0.15, -0.1) is 0 Å². The molecule has 1 fully saturated rings. The molecule has 3 rings (SSSR count). The van der Waals surface area contributed by atoms with Crippen LogP contribution in [0.1, 0.15) is 17.5 Å². The molecule has 0 saturated carbocycles. The van der Waals surface area contributed by atoms with Crippen LogP contribution in [0.5, 0.6) is 0 Å². The van der Waals surface area contributed by atoms with Gasteiger partial charge >= 0.3 is 18.0 Å². The van der Waals surface area contributed by atoms with Gasteiger partial charge in [0.2, 0.25) is 0 Å². The van der Waals surface area contributed by atoms with Gasteiger partial charge in [-0.3, -0.25) is 9.59 Å². The van der Waals surface area contributed by atoms with E-state index < -0.39 is 23.9 Å². The number of methoxy groups -OCH3 is 1. The molecule has 0 bridgehead atoms. The van der Waals surface area contributed by atoms with Gasteiger partial charge in [-0.25, -0.2) is 4.79 Å². The maximum absolute atomic E-state index is 12.8. The number of carbonyl (C=O) groups is 3. The van der Waals surface area contributed by atoms with Crippen molar-refractivity contribution in [2.24, 2.45) is 11.8 Å². The van der Waals surface area contributed by atoms with Crippen LogP contribution in [0.15, 0.2) is 60.7 Å². The lowest BCUT2D eigenvalue weighted by Gasteiger charge is -2.24. The molecule has 0 aliphatic carbocycles. The molecule has 1 amide bonds. The van der Waals surface area contributed by atoms with E-state index in [1.165, 1.54) is 7.11 Å². The third kappa shape index (κ3) is 5.59. The second-order valence-corrected chi connectivity index (χ2v) is 7.13. The van der Waals surface area contributed by atoms with Gasteiger partial charge in [-0.05, 0) is 17.5 Å². The lowest BCUT2D eigenvalue weighted by Crippen LogP contribution is -2.35. The smallest absolute Gasteiger partial charge is 0.410 e. The Morgan fingerprint density at radius 1 is 1.03 bits per heavy atom. The maximum atomic E-state index is 12.8. The van der Waals surface area contributed by atoms with E-state index in [-0.39, 0.29) is 19.1 Å². The fourth-order valence-electron chi connectivity index (χ4n) is 3.40. The highest BCUT2D eigenvalue weighted by Gasteiger charge is 2.43. The summed E-state index contributed by atoms with van der Waals surface area (Å²) in [6, 6.07) is 19.0. The van der Waals surface area contributed by atoms with Crippen molar-refractivity contribution in [2.75, 3.05) is 20.3 Å². The zero-order valence-corrected chi connectivity index (χ0v) is 16.9. The summed E-state index contributed by atoms with van der Waals surface area (Å²) in [6.45, 7) is 0.980. The quantitative estimate of drug-likeness (QED) is 0.377. The molecular formula is C23H25NO6. The van der Waals surface area contributed by atoms with Crippen LogP contribution >= 0.6 is 0 Å². The minimum absolute atomic E-state index is 0.136. The predicted octanol–water partition coefficient (Wildman–Crippen LogP) is 3.18. The fraction of sp³-hybridized carbons (Fsp3) is 0.348. The zero-order valence-electron chi connectivity index (χ0n) is 16.9. The number of esters is 2. The van der Waals surface area contributed by atoms with E-state index in [0.717, 1.165) is 11.1 Å². The van der Waals surface area contributed by atoms with Crippen LogP contribution in [0.4, 0.5) is 4.79 Å². The van der Waals surface area contributed by atoms with Crippen molar-refractivity contribution >= 4 is 18.0 Å². The molecule has 7 heteroatoms. The van der Waals surface area contributed by atoms with E-state index in [9.17, 15) is 14.4 Å². The molecule has 2 aromatic rings. The summed E-state index contributed by atoms with van der Waals surface area (Å²) in [6.07, 6.45) is -0.0405. The molecule has 158 valence electrons. The van der Waals surface area contributed by atoms with E-state index in [0.29, 0.717) is 19.5 Å². The van der Waals surface area contributed by atoms with Gasteiger partial charge < -0.3 is 19.1 Å². The van der Waals surface area contributed by atoms with Gasteiger partial charge in [-0.1, -0.05) is 60.7 Å². The van der Waals surface area contributed by atoms with Crippen LogP contribution in [0.3, 0.4) is 0 Å². The summed E-state index contributed by atoms with van der Waals surface area (Å²) in [4.78, 5) is 38.2. The van der Waals surface area contributed by atoms with Gasteiger partial charge in [0.1, 0.15) is 6.61 Å². The molecule has 2 aromatic carbocycles. The lowest BCUT2D eigenvalue weighted by molar-refractivity contribution is -0.154. The minimum Gasteiger partial charge on any atom is -0.468 e. The maximum Gasteiger partial charge on any atom is 0.410 e. The highest BCUT2D eigenvalue weighted by molar-refractivity contribution is 5.96. The summed E-state index contributed by atoms with van der Waals surface area (Å²) in [5.74, 6) is -2.48. The first-order valence-electron chi connectivity index (χ1n) is 9.82. The molecule has 0 N–H and O–H groups in total. The van der Waals surface area contributed by atoms with Crippen molar-refractivity contribution in [1.82, 2.24) is 4.90 Å². The SMILES string of the molecule is COC(=O)C1C(=O)OC[C@H]1CCN(Cc1ccccc1)C(=O)OCc1ccccc1. The Morgan fingerprint density at radius 3 is 2.30 bits per heavy atom. The molecule has 1 unspecified atom stereocenters. The highest BCUT2D eigenvalue weighted by Crippen LogP contribution is 2.27. The van der Waals surface area contributed by atoms with Gasteiger partial charge in [0, 0.05) is 19.0 Å². The molecule has 1 aliphatic rings. The Morgan fingerprint density at radius 2 is 1.67 bits per heavy atom. The van der Waals surface area contributed by atoms with Crippen LogP contribution in [0.2, 0.25) is 0 Å². The Kier molecular flexibility index (Phi) is 7.43. The molecule has 0 radical (unpaired) electrons. The Labute approximate surface area is 175 Å². The van der Waals surface area contributed by atoms with Crippen LogP contribution in [0.25, 0.3) is 0 Å². The number of benzene rings is 2. The average molecular weight is 411 g/mol. The average Bonchev–Trinajstić information content (AvgIpc) is 3.16. The van der Waals surface area contributed by atoms with E-state index in [2.05, 4.69) is 0 Å². The third-order valence-corrected chi connectivity index (χ3v) is 5.07. The molecule has 30 heavy (non-hydrogen) atoms. The topological polar surface area (TPSA) is 82.1 Å². The first-order valence-corrected chi connectivity index (χ1v) is 9.82. The van der Waals surface area contributed by atoms with Crippen LogP contribution in [-0.4, -0.2) is 43.2 Å². The van der Waals surface area contributed by atoms with Crippen molar-refractivity contribution in [2.45, 2.75) is 19.6 Å². The van der Waals surface area contributed by atoms with Crippen LogP contribution < -0.4 is 0 Å². The Bertz CT molecular complexity index is 855. The summed E-state index contributed by atoms with van der Waals surface area (Å²) in [5, 5.41) is 0. The molecular weight excluding hydrogens is 386 g/mol. The number of rotatable bonds is 8. The van der Waals surface area contributed by atoms with Gasteiger partial charge in [0.25, 0.3) is 0 Å².